The van der Waals surface area contributed by atoms with Crippen molar-refractivity contribution in [3.63, 3.8) is 0 Å². The van der Waals surface area contributed by atoms with E-state index in [4.69, 9.17) is 16.3 Å². The number of halogens is 1. The summed E-state index contributed by atoms with van der Waals surface area (Å²) in [6.07, 6.45) is 0. The van der Waals surface area contributed by atoms with E-state index in [0.29, 0.717) is 10.0 Å². The molecule has 0 aliphatic heterocycles. The van der Waals surface area contributed by atoms with Gasteiger partial charge in [-0.15, -0.1) is 11.3 Å². The van der Waals surface area contributed by atoms with Crippen LogP contribution in [-0.4, -0.2) is 29.5 Å². The lowest BCUT2D eigenvalue weighted by Crippen LogP contribution is -2.39. The molecule has 1 heterocycles. The number of amides is 1. The number of carbonyl (C=O) groups excluding carboxylic acids is 2. The minimum Gasteiger partial charge on any atom is -0.451 e. The predicted octanol–water partition coefficient (Wildman–Crippen LogP) is 5.06. The van der Waals surface area contributed by atoms with Gasteiger partial charge in [0.25, 0.3) is 5.91 Å². The van der Waals surface area contributed by atoms with Gasteiger partial charge in [0.1, 0.15) is 5.01 Å². The number of nitrogens with zero attached hydrogens (tertiary/aromatic N) is 2. The third-order valence-electron chi connectivity index (χ3n) is 3.95. The summed E-state index contributed by atoms with van der Waals surface area (Å²) in [6, 6.07) is 16.4. The molecule has 0 N–H and O–H groups in total. The average molecular weight is 415 g/mol. The van der Waals surface area contributed by atoms with Gasteiger partial charge in [-0.2, -0.15) is 0 Å². The molecule has 0 saturated carbocycles. The molecule has 2 aromatic carbocycles. The summed E-state index contributed by atoms with van der Waals surface area (Å²) in [5.41, 5.74) is 1.80. The van der Waals surface area contributed by atoms with Crippen molar-refractivity contribution in [2.45, 2.75) is 19.9 Å². The number of rotatable bonds is 6. The third-order valence-corrected chi connectivity index (χ3v) is 5.09. The van der Waals surface area contributed by atoms with Gasteiger partial charge >= 0.3 is 5.97 Å². The highest BCUT2D eigenvalue weighted by atomic mass is 35.5. The predicted molar refractivity (Wildman–Crippen MR) is 112 cm³/mol. The summed E-state index contributed by atoms with van der Waals surface area (Å²) in [5.74, 6) is -0.913. The fraction of sp³-hybridized carbons (Fsp3) is 0.190. The zero-order chi connectivity index (χ0) is 20.1. The van der Waals surface area contributed by atoms with Crippen LogP contribution >= 0.6 is 22.9 Å². The lowest BCUT2D eigenvalue weighted by atomic mass is 10.2. The number of anilines is 1. The molecule has 3 aromatic rings. The Bertz CT molecular complexity index is 955. The molecule has 28 heavy (non-hydrogen) atoms. The van der Waals surface area contributed by atoms with E-state index in [-0.39, 0.29) is 24.2 Å². The average Bonchev–Trinajstić information content (AvgIpc) is 3.17. The maximum Gasteiger partial charge on any atom is 0.358 e. The fourth-order valence-corrected chi connectivity index (χ4v) is 3.60. The maximum absolute atomic E-state index is 12.6. The van der Waals surface area contributed by atoms with Crippen molar-refractivity contribution in [3.05, 3.63) is 70.7 Å². The largest absolute Gasteiger partial charge is 0.451 e. The van der Waals surface area contributed by atoms with Gasteiger partial charge in [-0.05, 0) is 38.1 Å². The first-order valence-electron chi connectivity index (χ1n) is 8.71. The Kier molecular flexibility index (Phi) is 6.44. The second-order valence-electron chi connectivity index (χ2n) is 6.31. The van der Waals surface area contributed by atoms with Crippen molar-refractivity contribution in [1.82, 2.24) is 4.98 Å². The van der Waals surface area contributed by atoms with Crippen LogP contribution < -0.4 is 4.90 Å². The molecular weight excluding hydrogens is 396 g/mol. The van der Waals surface area contributed by atoms with E-state index >= 15 is 0 Å². The zero-order valence-electron chi connectivity index (χ0n) is 15.5. The molecule has 0 saturated heterocycles. The van der Waals surface area contributed by atoms with Gasteiger partial charge in [-0.25, -0.2) is 9.78 Å². The van der Waals surface area contributed by atoms with Gasteiger partial charge in [0.15, 0.2) is 12.3 Å². The number of thiazole rings is 1. The summed E-state index contributed by atoms with van der Waals surface area (Å²) < 4.78 is 5.20. The zero-order valence-corrected chi connectivity index (χ0v) is 17.0. The van der Waals surface area contributed by atoms with E-state index in [1.165, 1.54) is 11.3 Å². The lowest BCUT2D eigenvalue weighted by molar-refractivity contribution is -0.122. The van der Waals surface area contributed by atoms with Gasteiger partial charge in [0, 0.05) is 27.7 Å². The van der Waals surface area contributed by atoms with Crippen molar-refractivity contribution in [2.75, 3.05) is 11.5 Å². The summed E-state index contributed by atoms with van der Waals surface area (Å²) in [4.78, 5) is 30.8. The first-order chi connectivity index (χ1) is 13.5. The Morgan fingerprint density at radius 2 is 1.79 bits per heavy atom. The standard InChI is InChI=1S/C21H19ClN2O3S/c1-14(2)24(17-6-4-3-5-7-17)19(25)12-27-21(26)18-13-28-20(23-18)15-8-10-16(22)11-9-15/h3-11,13-14H,12H2,1-2H3. The summed E-state index contributed by atoms with van der Waals surface area (Å²) in [5, 5.41) is 2.93. The van der Waals surface area contributed by atoms with Gasteiger partial charge in [-0.1, -0.05) is 41.9 Å². The van der Waals surface area contributed by atoms with Crippen LogP contribution in [0.5, 0.6) is 0 Å². The second-order valence-corrected chi connectivity index (χ2v) is 7.61. The Hall–Kier alpha value is -2.70. The number of hydrogen-bond acceptors (Lipinski definition) is 5. The fourth-order valence-electron chi connectivity index (χ4n) is 2.68. The molecule has 0 aliphatic rings. The first kappa shape index (κ1) is 20.0. The van der Waals surface area contributed by atoms with Crippen LogP contribution in [0.4, 0.5) is 5.69 Å². The maximum atomic E-state index is 12.6. The quantitative estimate of drug-likeness (QED) is 0.529. The monoisotopic (exact) mass is 414 g/mol. The Balaban J connectivity index is 1.65. The summed E-state index contributed by atoms with van der Waals surface area (Å²) in [6.45, 7) is 3.47. The highest BCUT2D eigenvalue weighted by Gasteiger charge is 2.21. The van der Waals surface area contributed by atoms with Gasteiger partial charge in [0.2, 0.25) is 0 Å². The Labute approximate surface area is 172 Å². The van der Waals surface area contributed by atoms with Crippen LogP contribution in [0, 0.1) is 0 Å². The van der Waals surface area contributed by atoms with Crippen molar-refractivity contribution in [2.24, 2.45) is 0 Å². The molecule has 144 valence electrons. The minimum atomic E-state index is -0.624. The van der Waals surface area contributed by atoms with Crippen LogP contribution in [-0.2, 0) is 9.53 Å². The van der Waals surface area contributed by atoms with Crippen molar-refractivity contribution in [3.8, 4) is 10.6 Å². The molecule has 0 unspecified atom stereocenters. The molecule has 3 rings (SSSR count). The van der Waals surface area contributed by atoms with E-state index in [1.54, 1.807) is 22.4 Å². The number of esters is 1. The topological polar surface area (TPSA) is 59.5 Å². The smallest absolute Gasteiger partial charge is 0.358 e. The van der Waals surface area contributed by atoms with E-state index in [2.05, 4.69) is 4.98 Å². The number of carbonyl (C=O) groups is 2. The normalized spacial score (nSPS) is 10.7. The highest BCUT2D eigenvalue weighted by Crippen LogP contribution is 2.25. The number of benzene rings is 2. The minimum absolute atomic E-state index is 0.0654. The molecule has 1 aromatic heterocycles. The SMILES string of the molecule is CC(C)N(C(=O)COC(=O)c1csc(-c2ccc(Cl)cc2)n1)c1ccccc1. The van der Waals surface area contributed by atoms with Crippen molar-refractivity contribution >= 4 is 40.5 Å². The number of hydrogen-bond donors (Lipinski definition) is 0. The number of para-hydroxylation sites is 1. The molecule has 7 heteroatoms. The van der Waals surface area contributed by atoms with E-state index < -0.39 is 5.97 Å². The number of aromatic nitrogens is 1. The summed E-state index contributed by atoms with van der Waals surface area (Å²) in [7, 11) is 0. The van der Waals surface area contributed by atoms with Crippen molar-refractivity contribution < 1.29 is 14.3 Å². The molecule has 0 atom stereocenters. The van der Waals surface area contributed by atoms with Crippen LogP contribution in [0.25, 0.3) is 10.6 Å². The molecule has 1 amide bonds. The van der Waals surface area contributed by atoms with Gasteiger partial charge in [-0.3, -0.25) is 4.79 Å². The van der Waals surface area contributed by atoms with E-state index in [0.717, 1.165) is 11.3 Å². The molecule has 0 aliphatic carbocycles. The second kappa shape index (κ2) is 8.99. The summed E-state index contributed by atoms with van der Waals surface area (Å²) >= 11 is 7.22. The van der Waals surface area contributed by atoms with E-state index in [9.17, 15) is 9.59 Å². The van der Waals surface area contributed by atoms with Gasteiger partial charge in [0.05, 0.1) is 0 Å². The van der Waals surface area contributed by atoms with Crippen LogP contribution in [0.2, 0.25) is 5.02 Å². The van der Waals surface area contributed by atoms with Crippen molar-refractivity contribution in [1.29, 1.82) is 0 Å². The van der Waals surface area contributed by atoms with Crippen LogP contribution in [0.1, 0.15) is 24.3 Å². The molecule has 0 radical (unpaired) electrons. The molecule has 5 nitrogen and oxygen atoms in total. The Morgan fingerprint density at radius 1 is 1.11 bits per heavy atom. The Morgan fingerprint density at radius 3 is 2.43 bits per heavy atom. The molecule has 0 bridgehead atoms. The number of ether oxygens (including phenoxy) is 1. The highest BCUT2D eigenvalue weighted by molar-refractivity contribution is 7.13. The molecule has 0 fully saturated rings. The van der Waals surface area contributed by atoms with E-state index in [1.807, 2.05) is 56.3 Å². The molecule has 0 spiro atoms. The van der Waals surface area contributed by atoms with Gasteiger partial charge < -0.3 is 9.64 Å². The van der Waals surface area contributed by atoms with Crippen LogP contribution in [0.3, 0.4) is 0 Å². The first-order valence-corrected chi connectivity index (χ1v) is 9.97. The van der Waals surface area contributed by atoms with Crippen LogP contribution in [0.15, 0.2) is 60.0 Å². The lowest BCUT2D eigenvalue weighted by Gasteiger charge is -2.26. The third kappa shape index (κ3) is 4.77. The molecular formula is C21H19ClN2O3S.